The number of carbonyl (C=O) groups is 3. The van der Waals surface area contributed by atoms with Crippen LogP contribution in [-0.4, -0.2) is 58.9 Å². The molecule has 0 fully saturated rings. The van der Waals surface area contributed by atoms with Gasteiger partial charge in [-0.15, -0.1) is 0 Å². The van der Waals surface area contributed by atoms with E-state index in [1.165, 1.54) is 0 Å². The molecule has 1 heterocycles. The molecule has 4 amide bonds. The summed E-state index contributed by atoms with van der Waals surface area (Å²) in [5, 5.41) is 27.4. The summed E-state index contributed by atoms with van der Waals surface area (Å²) in [6.07, 6.45) is 0.299. The highest BCUT2D eigenvalue weighted by atomic mass is 16.3. The highest BCUT2D eigenvalue weighted by Crippen LogP contribution is 2.30. The average Bonchev–Trinajstić information content (AvgIpc) is 3.11. The molecule has 0 radical (unpaired) electrons. The van der Waals surface area contributed by atoms with Crippen LogP contribution in [0.25, 0.3) is 11.1 Å². The molecule has 43 heavy (non-hydrogen) atoms. The van der Waals surface area contributed by atoms with Crippen molar-refractivity contribution in [1.29, 1.82) is 0 Å². The van der Waals surface area contributed by atoms with E-state index < -0.39 is 23.7 Å². The smallest absolute Gasteiger partial charge is 0.312 e. The first-order valence-electron chi connectivity index (χ1n) is 14.5. The van der Waals surface area contributed by atoms with Crippen LogP contribution in [0.5, 0.6) is 0 Å². The lowest BCUT2D eigenvalue weighted by atomic mass is 9.98. The molecule has 10 nitrogen and oxygen atoms in total. The minimum atomic E-state index is -0.916. The largest absolute Gasteiger partial charge is 0.394 e. The van der Waals surface area contributed by atoms with Gasteiger partial charge in [-0.05, 0) is 60.6 Å². The van der Waals surface area contributed by atoms with Gasteiger partial charge in [0.05, 0.1) is 19.3 Å². The van der Waals surface area contributed by atoms with E-state index in [0.29, 0.717) is 25.9 Å². The number of nitrogens with zero attached hydrogens (tertiary/aromatic N) is 1. The number of aliphatic hydroxyl groups is 2. The van der Waals surface area contributed by atoms with Crippen molar-refractivity contribution in [3.63, 3.8) is 0 Å². The Morgan fingerprint density at radius 2 is 1.74 bits per heavy atom. The minimum Gasteiger partial charge on any atom is -0.394 e. The molecule has 0 aromatic heterocycles. The van der Waals surface area contributed by atoms with E-state index in [1.54, 1.807) is 4.90 Å². The molecule has 0 bridgehead atoms. The van der Waals surface area contributed by atoms with Crippen molar-refractivity contribution in [1.82, 2.24) is 16.0 Å². The van der Waals surface area contributed by atoms with Gasteiger partial charge in [0.1, 0.15) is 6.04 Å². The molecule has 7 N–H and O–H groups in total. The fraction of sp³-hybridized carbons (Fsp3) is 0.364. The number of rotatable bonds is 12. The Labute approximate surface area is 252 Å². The van der Waals surface area contributed by atoms with Crippen molar-refractivity contribution in [2.75, 3.05) is 18.1 Å². The van der Waals surface area contributed by atoms with Gasteiger partial charge in [-0.1, -0.05) is 66.7 Å². The molecule has 228 valence electrons. The zero-order valence-electron chi connectivity index (χ0n) is 24.7. The second-order valence-electron chi connectivity index (χ2n) is 11.6. The maximum absolute atomic E-state index is 13.9. The van der Waals surface area contributed by atoms with Crippen molar-refractivity contribution >= 4 is 23.5 Å². The van der Waals surface area contributed by atoms with Gasteiger partial charge in [-0.25, -0.2) is 4.79 Å². The molecule has 2 atom stereocenters. The van der Waals surface area contributed by atoms with E-state index >= 15 is 0 Å². The molecule has 0 unspecified atom stereocenters. The van der Waals surface area contributed by atoms with E-state index in [4.69, 9.17) is 10.8 Å². The van der Waals surface area contributed by atoms with Crippen LogP contribution in [0.15, 0.2) is 72.8 Å². The van der Waals surface area contributed by atoms with Crippen LogP contribution in [-0.2, 0) is 29.1 Å². The predicted octanol–water partition coefficient (Wildman–Crippen LogP) is 2.60. The summed E-state index contributed by atoms with van der Waals surface area (Å²) in [5.41, 5.74) is 10.3. The fourth-order valence-electron chi connectivity index (χ4n) is 5.29. The molecule has 0 aliphatic carbocycles. The van der Waals surface area contributed by atoms with Crippen molar-refractivity contribution < 1.29 is 24.6 Å². The van der Waals surface area contributed by atoms with Gasteiger partial charge in [0.15, 0.2) is 0 Å². The fourth-order valence-corrected chi connectivity index (χ4v) is 5.29. The number of hydrogen-bond acceptors (Lipinski definition) is 6. The maximum atomic E-state index is 13.9. The van der Waals surface area contributed by atoms with Gasteiger partial charge in [0.25, 0.3) is 0 Å². The maximum Gasteiger partial charge on any atom is 0.312 e. The number of fused-ring (bicyclic) bond motifs is 1. The van der Waals surface area contributed by atoms with Gasteiger partial charge in [-0.2, -0.15) is 0 Å². The summed E-state index contributed by atoms with van der Waals surface area (Å²) in [7, 11) is 0. The third-order valence-corrected chi connectivity index (χ3v) is 7.59. The molecule has 10 heteroatoms. The lowest BCUT2D eigenvalue weighted by Crippen LogP contribution is -2.51. The van der Waals surface area contributed by atoms with Gasteiger partial charge in [-0.3, -0.25) is 9.59 Å². The number of hydrogen-bond donors (Lipinski definition) is 6. The molecule has 0 saturated carbocycles. The van der Waals surface area contributed by atoms with Crippen LogP contribution in [0.3, 0.4) is 0 Å². The highest BCUT2D eigenvalue weighted by Gasteiger charge is 2.32. The number of primary amides is 1. The van der Waals surface area contributed by atoms with E-state index in [2.05, 4.69) is 16.0 Å². The average molecular weight is 588 g/mol. The summed E-state index contributed by atoms with van der Waals surface area (Å²) < 4.78 is 0. The Balaban J connectivity index is 1.50. The van der Waals surface area contributed by atoms with Gasteiger partial charge < -0.3 is 36.8 Å². The van der Waals surface area contributed by atoms with E-state index in [1.807, 2.05) is 86.6 Å². The van der Waals surface area contributed by atoms with Gasteiger partial charge >= 0.3 is 6.03 Å². The lowest BCUT2D eigenvalue weighted by Gasteiger charge is -2.29. The Morgan fingerprint density at radius 3 is 2.47 bits per heavy atom. The number of aliphatic hydroxyl groups excluding tert-OH is 2. The first-order valence-corrected chi connectivity index (χ1v) is 14.5. The van der Waals surface area contributed by atoms with Crippen LogP contribution in [0.2, 0.25) is 0 Å². The van der Waals surface area contributed by atoms with Crippen LogP contribution >= 0.6 is 0 Å². The van der Waals surface area contributed by atoms with Crippen LogP contribution < -0.4 is 26.6 Å². The first-order chi connectivity index (χ1) is 20.6. The lowest BCUT2D eigenvalue weighted by molar-refractivity contribution is -0.128. The third kappa shape index (κ3) is 8.63. The molecule has 0 spiro atoms. The number of amides is 4. The standard InChI is InChI=1S/C33H41N5O5/c1-33(2,36-19-26(40)21-39)17-30(41)37-28-16-15-24-7-4-6-10-29(24)38(31(28)42)20-22-11-13-23(14-12-22)27-9-5-3-8-25(27)18-35-32(34)43/h3-14,26,28,36,39-40H,15-21H2,1-2H3,(H,37,41)(H3,34,35,43)/t26-,28+/m0/s1. The van der Waals surface area contributed by atoms with Gasteiger partial charge in [0.2, 0.25) is 11.8 Å². The predicted molar refractivity (Wildman–Crippen MR) is 166 cm³/mol. The highest BCUT2D eigenvalue weighted by molar-refractivity contribution is 6.00. The van der Waals surface area contributed by atoms with Crippen molar-refractivity contribution in [3.8, 4) is 11.1 Å². The van der Waals surface area contributed by atoms with Gasteiger partial charge in [0, 0.05) is 30.7 Å². The number of nitrogens with two attached hydrogens (primary N) is 1. The molecule has 1 aliphatic rings. The number of para-hydroxylation sites is 1. The van der Waals surface area contributed by atoms with E-state index in [9.17, 15) is 19.5 Å². The number of anilines is 1. The minimum absolute atomic E-state index is 0.0970. The zero-order chi connectivity index (χ0) is 31.0. The Morgan fingerprint density at radius 1 is 1.05 bits per heavy atom. The summed E-state index contributed by atoms with van der Waals surface area (Å²) in [4.78, 5) is 40.0. The first kappa shape index (κ1) is 31.7. The second-order valence-corrected chi connectivity index (χ2v) is 11.6. The normalized spacial score (nSPS) is 15.8. The Bertz CT molecular complexity index is 1430. The molecular formula is C33H41N5O5. The van der Waals surface area contributed by atoms with Crippen molar-refractivity contribution in [2.45, 2.75) is 63.9 Å². The molecule has 1 aliphatic heterocycles. The Kier molecular flexibility index (Phi) is 10.5. The third-order valence-electron chi connectivity index (χ3n) is 7.59. The molecule has 4 rings (SSSR count). The Hall–Kier alpha value is -4.25. The van der Waals surface area contributed by atoms with Crippen LogP contribution in [0.4, 0.5) is 10.5 Å². The van der Waals surface area contributed by atoms with Crippen molar-refractivity contribution in [2.24, 2.45) is 5.73 Å². The number of benzene rings is 3. The van der Waals surface area contributed by atoms with E-state index in [0.717, 1.165) is 33.5 Å². The number of β-amino-alcohol motifs (C(OH)–C–C–N with tert-alkyl or cyclic N) is 1. The topological polar surface area (TPSA) is 157 Å². The quantitative estimate of drug-likeness (QED) is 0.191. The van der Waals surface area contributed by atoms with E-state index in [-0.39, 0.29) is 31.4 Å². The number of aryl methyl sites for hydroxylation is 1. The number of nitrogens with one attached hydrogen (secondary N) is 3. The molecule has 0 saturated heterocycles. The summed E-state index contributed by atoms with van der Waals surface area (Å²) >= 11 is 0. The second kappa shape index (κ2) is 14.3. The zero-order valence-corrected chi connectivity index (χ0v) is 24.7. The molecular weight excluding hydrogens is 546 g/mol. The van der Waals surface area contributed by atoms with Crippen LogP contribution in [0, 0.1) is 0 Å². The molecule has 3 aromatic rings. The number of carbonyl (C=O) groups excluding carboxylic acids is 3. The monoisotopic (exact) mass is 587 g/mol. The SMILES string of the molecule is CC(C)(CC(=O)N[C@@H]1CCc2ccccc2N(Cc2ccc(-c3ccccc3CNC(N)=O)cc2)C1=O)NC[C@H](O)CO. The molecule has 3 aromatic carbocycles. The van der Waals surface area contributed by atoms with Crippen molar-refractivity contribution in [3.05, 3.63) is 89.5 Å². The number of urea groups is 1. The summed E-state index contributed by atoms with van der Waals surface area (Å²) in [5.74, 6) is -0.444. The summed E-state index contributed by atoms with van der Waals surface area (Å²) in [6.45, 7) is 4.11. The van der Waals surface area contributed by atoms with Crippen LogP contribution in [0.1, 0.15) is 43.4 Å². The summed E-state index contributed by atoms with van der Waals surface area (Å²) in [6, 6.07) is 22.3.